The van der Waals surface area contributed by atoms with Crippen LogP contribution in [0.5, 0.6) is 0 Å². The predicted molar refractivity (Wildman–Crippen MR) is 93.0 cm³/mol. The molecule has 23 heavy (non-hydrogen) atoms. The number of halogens is 1. The van der Waals surface area contributed by atoms with E-state index in [1.54, 1.807) is 41.3 Å². The number of amides is 1. The first-order valence-electron chi connectivity index (χ1n) is 7.45. The van der Waals surface area contributed by atoms with E-state index in [0.29, 0.717) is 16.1 Å². The fourth-order valence-corrected chi connectivity index (χ4v) is 2.47. The van der Waals surface area contributed by atoms with Gasteiger partial charge in [0.25, 0.3) is 5.91 Å². The maximum Gasteiger partial charge on any atom is 0.256 e. The summed E-state index contributed by atoms with van der Waals surface area (Å²) in [6.45, 7) is 5.72. The molecular weight excluding hydrogens is 310 g/mol. The van der Waals surface area contributed by atoms with Gasteiger partial charge in [-0.3, -0.25) is 9.59 Å². The number of Topliss-reactive ketones (excluding diaryl/α,β-unsaturated/α-hetero) is 1. The molecule has 0 N–H and O–H groups in total. The average molecular weight is 330 g/mol. The number of nitrogens with zero attached hydrogens (tertiary/aromatic N) is 1. The van der Waals surface area contributed by atoms with Gasteiger partial charge in [0.15, 0.2) is 5.78 Å². The molecule has 3 nitrogen and oxygen atoms in total. The van der Waals surface area contributed by atoms with Crippen molar-refractivity contribution in [3.05, 3.63) is 70.7 Å². The van der Waals surface area contributed by atoms with Gasteiger partial charge in [-0.1, -0.05) is 54.1 Å². The summed E-state index contributed by atoms with van der Waals surface area (Å²) in [6.07, 6.45) is 0. The summed E-state index contributed by atoms with van der Waals surface area (Å²) in [7, 11) is 0. The van der Waals surface area contributed by atoms with Crippen molar-refractivity contribution >= 4 is 23.3 Å². The Kier molecular flexibility index (Phi) is 5.22. The first-order chi connectivity index (χ1) is 10.8. The SMILES string of the molecule is CC(C)(C)N(CC(=O)c1ccccc1)C(=O)c1ccccc1Cl. The molecule has 0 atom stereocenters. The number of hydrogen-bond acceptors (Lipinski definition) is 2. The maximum absolute atomic E-state index is 12.9. The lowest BCUT2D eigenvalue weighted by Crippen LogP contribution is -2.48. The lowest BCUT2D eigenvalue weighted by molar-refractivity contribution is 0.0548. The Morgan fingerprint density at radius 2 is 1.52 bits per heavy atom. The standard InChI is InChI=1S/C19H20ClNO2/c1-19(2,3)21(13-17(22)14-9-5-4-6-10-14)18(23)15-11-7-8-12-16(15)20/h4-12H,13H2,1-3H3. The van der Waals surface area contributed by atoms with Crippen molar-refractivity contribution in [2.45, 2.75) is 26.3 Å². The van der Waals surface area contributed by atoms with E-state index in [-0.39, 0.29) is 18.2 Å². The average Bonchev–Trinajstić information content (AvgIpc) is 2.52. The lowest BCUT2D eigenvalue weighted by Gasteiger charge is -2.35. The zero-order chi connectivity index (χ0) is 17.0. The lowest BCUT2D eigenvalue weighted by atomic mass is 10.0. The molecule has 0 heterocycles. The normalized spacial score (nSPS) is 11.1. The van der Waals surface area contributed by atoms with Gasteiger partial charge in [0.1, 0.15) is 0 Å². The van der Waals surface area contributed by atoms with Crippen molar-refractivity contribution in [3.8, 4) is 0 Å². The molecule has 4 heteroatoms. The molecule has 2 aromatic carbocycles. The van der Waals surface area contributed by atoms with Crippen molar-refractivity contribution in [1.82, 2.24) is 4.90 Å². The van der Waals surface area contributed by atoms with E-state index in [0.717, 1.165) is 0 Å². The summed E-state index contributed by atoms with van der Waals surface area (Å²) in [5, 5.41) is 0.388. The minimum Gasteiger partial charge on any atom is -0.326 e. The van der Waals surface area contributed by atoms with Gasteiger partial charge in [-0.05, 0) is 32.9 Å². The minimum atomic E-state index is -0.499. The van der Waals surface area contributed by atoms with E-state index < -0.39 is 5.54 Å². The van der Waals surface area contributed by atoms with E-state index in [2.05, 4.69) is 0 Å². The second kappa shape index (κ2) is 6.97. The molecule has 0 aliphatic rings. The van der Waals surface area contributed by atoms with E-state index in [1.807, 2.05) is 39.0 Å². The fraction of sp³-hybridized carbons (Fsp3) is 0.263. The Labute approximate surface area is 141 Å². The van der Waals surface area contributed by atoms with Crippen molar-refractivity contribution in [2.24, 2.45) is 0 Å². The molecule has 0 bridgehead atoms. The van der Waals surface area contributed by atoms with Crippen LogP contribution in [0.1, 0.15) is 41.5 Å². The van der Waals surface area contributed by atoms with Crippen LogP contribution in [-0.4, -0.2) is 28.7 Å². The zero-order valence-corrected chi connectivity index (χ0v) is 14.3. The van der Waals surface area contributed by atoms with Gasteiger partial charge in [-0.2, -0.15) is 0 Å². The molecule has 1 amide bonds. The van der Waals surface area contributed by atoms with E-state index >= 15 is 0 Å². The van der Waals surface area contributed by atoms with Gasteiger partial charge >= 0.3 is 0 Å². The van der Waals surface area contributed by atoms with Crippen LogP contribution in [-0.2, 0) is 0 Å². The highest BCUT2D eigenvalue weighted by atomic mass is 35.5. The molecule has 120 valence electrons. The summed E-state index contributed by atoms with van der Waals surface area (Å²) in [4.78, 5) is 26.9. The van der Waals surface area contributed by atoms with Crippen LogP contribution >= 0.6 is 11.6 Å². The summed E-state index contributed by atoms with van der Waals surface area (Å²) in [6, 6.07) is 15.9. The Morgan fingerprint density at radius 1 is 0.957 bits per heavy atom. The molecule has 0 unspecified atom stereocenters. The Morgan fingerprint density at radius 3 is 2.09 bits per heavy atom. The molecule has 0 fully saturated rings. The molecule has 0 aliphatic heterocycles. The van der Waals surface area contributed by atoms with Gasteiger partial charge in [0, 0.05) is 11.1 Å². The molecule has 0 saturated heterocycles. The van der Waals surface area contributed by atoms with E-state index in [4.69, 9.17) is 11.6 Å². The van der Waals surface area contributed by atoms with Crippen LogP contribution in [0.15, 0.2) is 54.6 Å². The number of hydrogen-bond donors (Lipinski definition) is 0. The maximum atomic E-state index is 12.9. The van der Waals surface area contributed by atoms with Crippen LogP contribution in [0, 0.1) is 0 Å². The molecule has 0 aromatic heterocycles. The number of carbonyl (C=O) groups is 2. The molecule has 0 spiro atoms. The van der Waals surface area contributed by atoms with Crippen molar-refractivity contribution in [1.29, 1.82) is 0 Å². The smallest absolute Gasteiger partial charge is 0.256 e. The largest absolute Gasteiger partial charge is 0.326 e. The first-order valence-corrected chi connectivity index (χ1v) is 7.83. The van der Waals surface area contributed by atoms with Gasteiger partial charge in [0.05, 0.1) is 17.1 Å². The minimum absolute atomic E-state index is 0.0115. The van der Waals surface area contributed by atoms with E-state index in [9.17, 15) is 9.59 Å². The highest BCUT2D eigenvalue weighted by Gasteiger charge is 2.30. The number of carbonyl (C=O) groups excluding carboxylic acids is 2. The van der Waals surface area contributed by atoms with Crippen molar-refractivity contribution in [3.63, 3.8) is 0 Å². The van der Waals surface area contributed by atoms with Crippen LogP contribution in [0.2, 0.25) is 5.02 Å². The molecule has 2 aromatic rings. The Bertz CT molecular complexity index is 705. The third-order valence-corrected chi connectivity index (χ3v) is 3.89. The van der Waals surface area contributed by atoms with Gasteiger partial charge in [-0.15, -0.1) is 0 Å². The predicted octanol–water partition coefficient (Wildman–Crippen LogP) is 4.46. The quantitative estimate of drug-likeness (QED) is 0.776. The molecule has 0 saturated carbocycles. The van der Waals surface area contributed by atoms with Gasteiger partial charge < -0.3 is 4.90 Å². The van der Waals surface area contributed by atoms with Crippen LogP contribution in [0.25, 0.3) is 0 Å². The second-order valence-corrected chi connectivity index (χ2v) is 6.74. The monoisotopic (exact) mass is 329 g/mol. The third kappa shape index (κ3) is 4.20. The number of benzene rings is 2. The number of rotatable bonds is 4. The first kappa shape index (κ1) is 17.2. The second-order valence-electron chi connectivity index (χ2n) is 6.33. The molecule has 0 aliphatic carbocycles. The molecular formula is C19H20ClNO2. The topological polar surface area (TPSA) is 37.4 Å². The molecule has 0 radical (unpaired) electrons. The Balaban J connectivity index is 2.30. The van der Waals surface area contributed by atoms with Gasteiger partial charge in [0.2, 0.25) is 0 Å². The zero-order valence-electron chi connectivity index (χ0n) is 13.5. The summed E-state index contributed by atoms with van der Waals surface area (Å²) in [5.74, 6) is -0.340. The molecule has 2 rings (SSSR count). The van der Waals surface area contributed by atoms with Crippen molar-refractivity contribution < 1.29 is 9.59 Å². The number of ketones is 1. The van der Waals surface area contributed by atoms with Crippen molar-refractivity contribution in [2.75, 3.05) is 6.54 Å². The van der Waals surface area contributed by atoms with E-state index in [1.165, 1.54) is 0 Å². The van der Waals surface area contributed by atoms with Crippen LogP contribution in [0.4, 0.5) is 0 Å². The van der Waals surface area contributed by atoms with Gasteiger partial charge in [-0.25, -0.2) is 0 Å². The highest BCUT2D eigenvalue weighted by molar-refractivity contribution is 6.33. The summed E-state index contributed by atoms with van der Waals surface area (Å²) >= 11 is 6.13. The highest BCUT2D eigenvalue weighted by Crippen LogP contribution is 2.22. The van der Waals surface area contributed by atoms with Crippen LogP contribution < -0.4 is 0 Å². The summed E-state index contributed by atoms with van der Waals surface area (Å²) < 4.78 is 0. The third-order valence-electron chi connectivity index (χ3n) is 3.56. The summed E-state index contributed by atoms with van der Waals surface area (Å²) in [5.41, 5.74) is 0.499. The van der Waals surface area contributed by atoms with Crippen LogP contribution in [0.3, 0.4) is 0 Å². The Hall–Kier alpha value is -2.13. The fourth-order valence-electron chi connectivity index (χ4n) is 2.25.